The SMILES string of the molecule is C=C(CSc1ncco1)C(=O)OCC. The molecule has 0 saturated carbocycles. The van der Waals surface area contributed by atoms with Crippen molar-refractivity contribution in [2.75, 3.05) is 12.4 Å². The van der Waals surface area contributed by atoms with Crippen molar-refractivity contribution in [3.63, 3.8) is 0 Å². The average Bonchev–Trinajstić information content (AvgIpc) is 2.67. The lowest BCUT2D eigenvalue weighted by molar-refractivity contribution is -0.138. The van der Waals surface area contributed by atoms with Crippen LogP contribution in [0.15, 0.2) is 34.3 Å². The lowest BCUT2D eigenvalue weighted by Gasteiger charge is -2.02. The Bertz CT molecular complexity index is 308. The van der Waals surface area contributed by atoms with Crippen LogP contribution in [0.25, 0.3) is 0 Å². The summed E-state index contributed by atoms with van der Waals surface area (Å²) in [6, 6.07) is 0. The maximum atomic E-state index is 11.1. The molecule has 0 atom stereocenters. The number of aromatic nitrogens is 1. The minimum Gasteiger partial charge on any atom is -0.463 e. The van der Waals surface area contributed by atoms with Crippen molar-refractivity contribution >= 4 is 17.7 Å². The van der Waals surface area contributed by atoms with Gasteiger partial charge in [0.25, 0.3) is 5.22 Å². The van der Waals surface area contributed by atoms with Crippen LogP contribution in [0.2, 0.25) is 0 Å². The molecule has 0 spiro atoms. The molecule has 1 aromatic rings. The highest BCUT2D eigenvalue weighted by Crippen LogP contribution is 2.17. The van der Waals surface area contributed by atoms with Gasteiger partial charge in [-0.05, 0) is 6.92 Å². The molecule has 1 aromatic heterocycles. The van der Waals surface area contributed by atoms with Crippen LogP contribution in [0.5, 0.6) is 0 Å². The molecule has 0 unspecified atom stereocenters. The van der Waals surface area contributed by atoms with Gasteiger partial charge in [-0.15, -0.1) is 0 Å². The van der Waals surface area contributed by atoms with Gasteiger partial charge in [0.1, 0.15) is 6.26 Å². The van der Waals surface area contributed by atoms with Gasteiger partial charge in [0.2, 0.25) is 0 Å². The summed E-state index contributed by atoms with van der Waals surface area (Å²) in [6.45, 7) is 5.73. The highest BCUT2D eigenvalue weighted by atomic mass is 32.2. The molecule has 0 bridgehead atoms. The monoisotopic (exact) mass is 213 g/mol. The Morgan fingerprint density at radius 2 is 2.57 bits per heavy atom. The Morgan fingerprint density at radius 1 is 1.79 bits per heavy atom. The van der Waals surface area contributed by atoms with Gasteiger partial charge in [-0.3, -0.25) is 0 Å². The van der Waals surface area contributed by atoms with Crippen molar-refractivity contribution < 1.29 is 13.9 Å². The molecule has 0 amide bonds. The predicted octanol–water partition coefficient (Wildman–Crippen LogP) is 1.89. The Kier molecular flexibility index (Phi) is 4.25. The summed E-state index contributed by atoms with van der Waals surface area (Å²) < 4.78 is 9.75. The van der Waals surface area contributed by atoms with Crippen LogP contribution in [0.3, 0.4) is 0 Å². The van der Waals surface area contributed by atoms with Crippen molar-refractivity contribution in [2.45, 2.75) is 12.1 Å². The number of thioether (sulfide) groups is 1. The van der Waals surface area contributed by atoms with Crippen LogP contribution in [-0.2, 0) is 9.53 Å². The molecular formula is C9H11NO3S. The standard InChI is InChI=1S/C9H11NO3S/c1-3-12-8(11)7(2)6-14-9-10-4-5-13-9/h4-5H,2-3,6H2,1H3. The van der Waals surface area contributed by atoms with Crippen LogP contribution < -0.4 is 0 Å². The van der Waals surface area contributed by atoms with Gasteiger partial charge in [0.05, 0.1) is 12.8 Å². The van der Waals surface area contributed by atoms with Gasteiger partial charge in [-0.1, -0.05) is 18.3 Å². The van der Waals surface area contributed by atoms with Crippen molar-refractivity contribution in [3.8, 4) is 0 Å². The first-order valence-corrected chi connectivity index (χ1v) is 5.09. The number of esters is 1. The number of rotatable bonds is 5. The van der Waals surface area contributed by atoms with E-state index >= 15 is 0 Å². The van der Waals surface area contributed by atoms with E-state index in [9.17, 15) is 4.79 Å². The molecular weight excluding hydrogens is 202 g/mol. The highest BCUT2D eigenvalue weighted by molar-refractivity contribution is 7.99. The molecule has 0 aliphatic rings. The normalized spacial score (nSPS) is 9.79. The van der Waals surface area contributed by atoms with Gasteiger partial charge in [0.15, 0.2) is 0 Å². The van der Waals surface area contributed by atoms with Gasteiger partial charge < -0.3 is 9.15 Å². The van der Waals surface area contributed by atoms with E-state index in [0.29, 0.717) is 23.2 Å². The van der Waals surface area contributed by atoms with Crippen molar-refractivity contribution in [2.24, 2.45) is 0 Å². The lowest BCUT2D eigenvalue weighted by atomic mass is 10.4. The second-order valence-electron chi connectivity index (χ2n) is 2.41. The van der Waals surface area contributed by atoms with Gasteiger partial charge in [-0.2, -0.15) is 0 Å². The quantitative estimate of drug-likeness (QED) is 0.424. The number of hydrogen-bond donors (Lipinski definition) is 0. The summed E-state index contributed by atoms with van der Waals surface area (Å²) >= 11 is 1.31. The second kappa shape index (κ2) is 5.49. The number of nitrogens with zero attached hydrogens (tertiary/aromatic N) is 1. The molecule has 0 fully saturated rings. The topological polar surface area (TPSA) is 52.3 Å². The Balaban J connectivity index is 2.31. The lowest BCUT2D eigenvalue weighted by Crippen LogP contribution is -2.08. The van der Waals surface area contributed by atoms with E-state index in [1.54, 1.807) is 13.1 Å². The molecule has 1 heterocycles. The highest BCUT2D eigenvalue weighted by Gasteiger charge is 2.09. The summed E-state index contributed by atoms with van der Waals surface area (Å²) in [6.07, 6.45) is 3.03. The average molecular weight is 213 g/mol. The molecule has 76 valence electrons. The fraction of sp³-hybridized carbons (Fsp3) is 0.333. The van der Waals surface area contributed by atoms with Crippen molar-refractivity contribution in [1.29, 1.82) is 0 Å². The predicted molar refractivity (Wildman–Crippen MR) is 53.0 cm³/mol. The third-order valence-electron chi connectivity index (χ3n) is 1.34. The minimum absolute atomic E-state index is 0.363. The zero-order valence-electron chi connectivity index (χ0n) is 7.86. The van der Waals surface area contributed by atoms with Crippen molar-refractivity contribution in [3.05, 3.63) is 24.6 Å². The Morgan fingerprint density at radius 3 is 3.14 bits per heavy atom. The van der Waals surface area contributed by atoms with Crippen LogP contribution in [0, 0.1) is 0 Å². The number of carbonyl (C=O) groups is 1. The maximum Gasteiger partial charge on any atom is 0.334 e. The number of ether oxygens (including phenoxy) is 1. The van der Waals surface area contributed by atoms with E-state index < -0.39 is 0 Å². The number of oxazole rings is 1. The molecule has 0 aromatic carbocycles. The van der Waals surface area contributed by atoms with E-state index in [1.807, 2.05) is 0 Å². The zero-order valence-corrected chi connectivity index (χ0v) is 8.67. The first kappa shape index (κ1) is 10.8. The van der Waals surface area contributed by atoms with Gasteiger partial charge in [0, 0.05) is 11.3 Å². The molecule has 1 rings (SSSR count). The second-order valence-corrected chi connectivity index (χ2v) is 3.34. The molecule has 14 heavy (non-hydrogen) atoms. The Hall–Kier alpha value is -1.23. The molecule has 0 N–H and O–H groups in total. The van der Waals surface area contributed by atoms with E-state index in [-0.39, 0.29) is 5.97 Å². The van der Waals surface area contributed by atoms with Gasteiger partial charge >= 0.3 is 5.97 Å². The summed E-state index contributed by atoms with van der Waals surface area (Å²) in [5, 5.41) is 0.524. The molecule has 0 aliphatic carbocycles. The van der Waals surface area contributed by atoms with Crippen molar-refractivity contribution in [1.82, 2.24) is 4.98 Å². The first-order valence-electron chi connectivity index (χ1n) is 4.11. The summed E-state index contributed by atoms with van der Waals surface area (Å²) in [7, 11) is 0. The summed E-state index contributed by atoms with van der Waals surface area (Å²) in [5.74, 6) is 0.0610. The van der Waals surface area contributed by atoms with E-state index in [2.05, 4.69) is 11.6 Å². The number of hydrogen-bond acceptors (Lipinski definition) is 5. The number of carbonyl (C=O) groups excluding carboxylic acids is 1. The third-order valence-corrected chi connectivity index (χ3v) is 2.29. The van der Waals surface area contributed by atoms with Gasteiger partial charge in [-0.25, -0.2) is 9.78 Å². The van der Waals surface area contributed by atoms with Crippen LogP contribution in [0.4, 0.5) is 0 Å². The first-order chi connectivity index (χ1) is 6.74. The van der Waals surface area contributed by atoms with E-state index in [4.69, 9.17) is 9.15 Å². The van der Waals surface area contributed by atoms with E-state index in [1.165, 1.54) is 18.0 Å². The summed E-state index contributed by atoms with van der Waals surface area (Å²) in [5.41, 5.74) is 0.412. The molecule has 0 aliphatic heterocycles. The van der Waals surface area contributed by atoms with Crippen LogP contribution in [-0.4, -0.2) is 23.3 Å². The molecule has 5 heteroatoms. The zero-order chi connectivity index (χ0) is 10.4. The fourth-order valence-corrected chi connectivity index (χ4v) is 1.40. The minimum atomic E-state index is -0.369. The fourth-order valence-electron chi connectivity index (χ4n) is 0.723. The molecule has 0 radical (unpaired) electrons. The molecule has 0 saturated heterocycles. The summed E-state index contributed by atoms with van der Waals surface area (Å²) in [4.78, 5) is 15.0. The molecule has 4 nitrogen and oxygen atoms in total. The smallest absolute Gasteiger partial charge is 0.334 e. The van der Waals surface area contributed by atoms with Crippen LogP contribution in [0.1, 0.15) is 6.92 Å². The van der Waals surface area contributed by atoms with E-state index in [0.717, 1.165) is 0 Å². The van der Waals surface area contributed by atoms with Crippen LogP contribution >= 0.6 is 11.8 Å². The Labute approximate surface area is 86.3 Å². The largest absolute Gasteiger partial charge is 0.463 e. The maximum absolute atomic E-state index is 11.1. The third kappa shape index (κ3) is 3.26.